The van der Waals surface area contributed by atoms with Crippen molar-refractivity contribution in [3.05, 3.63) is 76.8 Å². The van der Waals surface area contributed by atoms with Crippen LogP contribution in [-0.4, -0.2) is 36.0 Å². The summed E-state index contributed by atoms with van der Waals surface area (Å²) in [6, 6.07) is 10.2. The molecule has 0 radical (unpaired) electrons. The van der Waals surface area contributed by atoms with Crippen molar-refractivity contribution in [1.29, 1.82) is 0 Å². The van der Waals surface area contributed by atoms with Crippen molar-refractivity contribution < 1.29 is 35.6 Å². The molecule has 2 heterocycles. The maximum Gasteiger partial charge on any atom is 0.416 e. The van der Waals surface area contributed by atoms with Crippen molar-refractivity contribution >= 4 is 55.6 Å². The molecule has 2 amide bonds. The molecular formula is C23H16ClF3N4O5S. The van der Waals surface area contributed by atoms with E-state index in [-0.39, 0.29) is 33.1 Å². The Morgan fingerprint density at radius 2 is 1.78 bits per heavy atom. The largest absolute Gasteiger partial charge is 0.449 e. The predicted octanol–water partition coefficient (Wildman–Crippen LogP) is 5.19. The lowest BCUT2D eigenvalue weighted by atomic mass is 10.2. The van der Waals surface area contributed by atoms with Crippen LogP contribution >= 0.6 is 11.6 Å². The van der Waals surface area contributed by atoms with Crippen molar-refractivity contribution in [2.24, 2.45) is 0 Å². The van der Waals surface area contributed by atoms with Crippen LogP contribution in [0.5, 0.6) is 0 Å². The number of para-hydroxylation sites is 1. The Labute approximate surface area is 212 Å². The maximum absolute atomic E-state index is 13.1. The summed E-state index contributed by atoms with van der Waals surface area (Å²) in [4.78, 5) is 33.5. The van der Waals surface area contributed by atoms with Gasteiger partial charge in [0.05, 0.1) is 22.5 Å². The van der Waals surface area contributed by atoms with Crippen molar-refractivity contribution in [3.8, 4) is 0 Å². The summed E-state index contributed by atoms with van der Waals surface area (Å²) in [5, 5.41) is 4.19. The Bertz CT molecular complexity index is 1640. The minimum absolute atomic E-state index is 0.125. The third-order valence-electron chi connectivity index (χ3n) is 5.08. The third-order valence-corrected chi connectivity index (χ3v) is 6.87. The summed E-state index contributed by atoms with van der Waals surface area (Å²) in [6.07, 6.45) is -3.67. The Morgan fingerprint density at radius 1 is 1.05 bits per heavy atom. The number of aromatic nitrogens is 2. The molecule has 0 atom stereocenters. The molecule has 0 aliphatic heterocycles. The number of amides is 2. The molecule has 2 aromatic carbocycles. The van der Waals surface area contributed by atoms with E-state index >= 15 is 0 Å². The summed E-state index contributed by atoms with van der Waals surface area (Å²) in [5.74, 6) is -2.66. The highest BCUT2D eigenvalue weighted by atomic mass is 35.5. The Morgan fingerprint density at radius 3 is 2.49 bits per heavy atom. The second-order valence-corrected chi connectivity index (χ2v) is 10.1. The van der Waals surface area contributed by atoms with Gasteiger partial charge in [0.25, 0.3) is 11.8 Å². The van der Waals surface area contributed by atoms with E-state index in [1.807, 2.05) is 0 Å². The van der Waals surface area contributed by atoms with E-state index < -0.39 is 50.0 Å². The Hall–Kier alpha value is -3.97. The minimum atomic E-state index is -4.62. The normalized spacial score (nSPS) is 11.9. The standard InChI is InChI=1S/C23H16ClF3N4O5S/c1-2-37(34,35)22-28-11-15(24)18(31-22)20(32)30-17-14-8-3-4-9-16(14)36-19(17)21(33)29-13-7-5-6-12(10-13)23(25,26)27/h3-11H,2H2,1H3,(H,29,33)(H,30,32). The van der Waals surface area contributed by atoms with Gasteiger partial charge in [-0.05, 0) is 30.3 Å². The average molecular weight is 553 g/mol. The Kier molecular flexibility index (Phi) is 6.93. The number of alkyl halides is 3. The van der Waals surface area contributed by atoms with Crippen molar-refractivity contribution in [2.75, 3.05) is 16.4 Å². The summed E-state index contributed by atoms with van der Waals surface area (Å²) in [7, 11) is -3.86. The highest BCUT2D eigenvalue weighted by Crippen LogP contribution is 2.34. The molecule has 0 aliphatic rings. The zero-order valence-corrected chi connectivity index (χ0v) is 20.3. The van der Waals surface area contributed by atoms with Gasteiger partial charge in [0.1, 0.15) is 11.3 Å². The fourth-order valence-electron chi connectivity index (χ4n) is 3.25. The summed E-state index contributed by atoms with van der Waals surface area (Å²) in [5.41, 5.74) is -1.54. The number of sulfone groups is 1. The Balaban J connectivity index is 1.71. The van der Waals surface area contributed by atoms with Gasteiger partial charge in [-0.3, -0.25) is 9.59 Å². The number of hydrogen-bond acceptors (Lipinski definition) is 7. The number of carbonyl (C=O) groups is 2. The maximum atomic E-state index is 13.1. The molecule has 2 N–H and O–H groups in total. The number of furan rings is 1. The van der Waals surface area contributed by atoms with Gasteiger partial charge >= 0.3 is 6.18 Å². The van der Waals surface area contributed by atoms with Crippen molar-refractivity contribution in [1.82, 2.24) is 9.97 Å². The molecule has 0 spiro atoms. The van der Waals surface area contributed by atoms with Crippen LogP contribution < -0.4 is 10.6 Å². The summed E-state index contributed by atoms with van der Waals surface area (Å²) in [6.45, 7) is 1.37. The lowest BCUT2D eigenvalue weighted by Gasteiger charge is -2.10. The van der Waals surface area contributed by atoms with E-state index in [9.17, 15) is 31.2 Å². The molecular weight excluding hydrogens is 537 g/mol. The lowest BCUT2D eigenvalue weighted by molar-refractivity contribution is -0.137. The number of anilines is 2. The number of nitrogens with one attached hydrogen (secondary N) is 2. The van der Waals surface area contributed by atoms with Crippen LogP contribution in [-0.2, 0) is 16.0 Å². The van der Waals surface area contributed by atoms with Gasteiger partial charge in [0, 0.05) is 11.1 Å². The van der Waals surface area contributed by atoms with Crippen LogP contribution in [0.4, 0.5) is 24.5 Å². The molecule has 0 saturated carbocycles. The van der Waals surface area contributed by atoms with Gasteiger partial charge in [-0.15, -0.1) is 0 Å². The molecule has 0 aliphatic carbocycles. The molecule has 37 heavy (non-hydrogen) atoms. The van der Waals surface area contributed by atoms with Crippen LogP contribution in [0.1, 0.15) is 33.5 Å². The lowest BCUT2D eigenvalue weighted by Crippen LogP contribution is -2.20. The van der Waals surface area contributed by atoms with E-state index in [0.717, 1.165) is 24.4 Å². The first-order valence-corrected chi connectivity index (χ1v) is 12.5. The zero-order chi connectivity index (χ0) is 27.0. The number of carbonyl (C=O) groups excluding carboxylic acids is 2. The van der Waals surface area contributed by atoms with Crippen LogP contribution in [0.15, 0.2) is 64.3 Å². The first-order valence-electron chi connectivity index (χ1n) is 10.5. The second-order valence-electron chi connectivity index (χ2n) is 7.54. The molecule has 14 heteroatoms. The molecule has 0 bridgehead atoms. The minimum Gasteiger partial charge on any atom is -0.449 e. The highest BCUT2D eigenvalue weighted by Gasteiger charge is 2.31. The summed E-state index contributed by atoms with van der Waals surface area (Å²) < 4.78 is 69.0. The molecule has 0 unspecified atom stereocenters. The van der Waals surface area contributed by atoms with Gasteiger partial charge in [-0.1, -0.05) is 36.7 Å². The first-order chi connectivity index (χ1) is 17.4. The van der Waals surface area contributed by atoms with Crippen LogP contribution in [0, 0.1) is 0 Å². The van der Waals surface area contributed by atoms with E-state index in [4.69, 9.17) is 16.0 Å². The molecule has 4 aromatic rings. The van der Waals surface area contributed by atoms with Gasteiger partial charge in [-0.25, -0.2) is 18.4 Å². The predicted molar refractivity (Wildman–Crippen MR) is 128 cm³/mol. The number of hydrogen-bond donors (Lipinski definition) is 2. The van der Waals surface area contributed by atoms with E-state index in [1.54, 1.807) is 12.1 Å². The topological polar surface area (TPSA) is 131 Å². The monoisotopic (exact) mass is 552 g/mol. The van der Waals surface area contributed by atoms with Gasteiger partial charge in [0.2, 0.25) is 20.8 Å². The number of rotatable bonds is 6. The van der Waals surface area contributed by atoms with Crippen molar-refractivity contribution in [3.63, 3.8) is 0 Å². The SMILES string of the molecule is CCS(=O)(=O)c1ncc(Cl)c(C(=O)Nc2c(C(=O)Nc3cccc(C(F)(F)F)c3)oc3ccccc23)n1. The van der Waals surface area contributed by atoms with Crippen LogP contribution in [0.3, 0.4) is 0 Å². The number of benzene rings is 2. The second kappa shape index (κ2) is 9.82. The van der Waals surface area contributed by atoms with Crippen LogP contribution in [0.25, 0.3) is 11.0 Å². The number of fused-ring (bicyclic) bond motifs is 1. The molecule has 9 nitrogen and oxygen atoms in total. The van der Waals surface area contributed by atoms with Gasteiger partial charge < -0.3 is 15.1 Å². The quantitative estimate of drug-likeness (QED) is 0.314. The van der Waals surface area contributed by atoms with Crippen LogP contribution in [0.2, 0.25) is 5.02 Å². The van der Waals surface area contributed by atoms with E-state index in [2.05, 4.69) is 20.6 Å². The fraction of sp³-hybridized carbons (Fsp3) is 0.130. The van der Waals surface area contributed by atoms with Gasteiger partial charge in [0.15, 0.2) is 5.69 Å². The number of halogens is 4. The number of nitrogens with zero attached hydrogens (tertiary/aromatic N) is 2. The summed E-state index contributed by atoms with van der Waals surface area (Å²) >= 11 is 6.03. The van der Waals surface area contributed by atoms with Gasteiger partial charge in [-0.2, -0.15) is 13.2 Å². The molecule has 4 rings (SSSR count). The molecule has 192 valence electrons. The molecule has 0 fully saturated rings. The highest BCUT2D eigenvalue weighted by molar-refractivity contribution is 7.91. The third kappa shape index (κ3) is 5.42. The average Bonchev–Trinajstić information content (AvgIpc) is 3.22. The first kappa shape index (κ1) is 26.1. The zero-order valence-electron chi connectivity index (χ0n) is 18.8. The van der Waals surface area contributed by atoms with E-state index in [0.29, 0.717) is 0 Å². The molecule has 2 aromatic heterocycles. The van der Waals surface area contributed by atoms with E-state index in [1.165, 1.54) is 25.1 Å². The molecule has 0 saturated heterocycles. The van der Waals surface area contributed by atoms with Crippen molar-refractivity contribution in [2.45, 2.75) is 18.3 Å². The smallest absolute Gasteiger partial charge is 0.416 e. The fourth-order valence-corrected chi connectivity index (χ4v) is 4.13.